The van der Waals surface area contributed by atoms with Crippen molar-refractivity contribution >= 4 is 22.8 Å². The van der Waals surface area contributed by atoms with E-state index in [0.717, 1.165) is 12.8 Å². The summed E-state index contributed by atoms with van der Waals surface area (Å²) in [5.74, 6) is 0.351. The van der Waals surface area contributed by atoms with Crippen LogP contribution in [0.25, 0.3) is 22.2 Å². The molecule has 4 aromatic rings. The second kappa shape index (κ2) is 10.8. The predicted octanol–water partition coefficient (Wildman–Crippen LogP) is 4.79. The minimum Gasteiger partial charge on any atom is -0.457 e. The van der Waals surface area contributed by atoms with Crippen LogP contribution in [0.2, 0.25) is 0 Å². The molecule has 0 radical (unpaired) electrons. The first kappa shape index (κ1) is 26.8. The SMILES string of the molecule is CC(C)(N)C=C(C#N)C(=O)N1CCC[C@@H]1Cn1cc(-c2ccc(Oc3ccccc3)cc2F)c2c(N)ncnc21. The normalized spacial score (nSPS) is 15.8. The second-order valence-electron chi connectivity index (χ2n) is 10.5. The van der Waals surface area contributed by atoms with Crippen molar-refractivity contribution in [1.82, 2.24) is 19.4 Å². The number of aromatic nitrogens is 3. The lowest BCUT2D eigenvalue weighted by molar-refractivity contribution is -0.127. The van der Waals surface area contributed by atoms with Gasteiger partial charge < -0.3 is 25.7 Å². The number of fused-ring (bicyclic) bond motifs is 1. The molecule has 40 heavy (non-hydrogen) atoms. The van der Waals surface area contributed by atoms with Gasteiger partial charge in [0.2, 0.25) is 0 Å². The molecule has 0 spiro atoms. The number of ether oxygens (including phenoxy) is 1. The smallest absolute Gasteiger partial charge is 0.264 e. The van der Waals surface area contributed by atoms with Crippen LogP contribution < -0.4 is 16.2 Å². The molecular formula is C30H30FN7O2. The molecule has 2 aromatic heterocycles. The number of nitriles is 1. The minimum atomic E-state index is -0.804. The molecule has 0 saturated carbocycles. The third-order valence-corrected chi connectivity index (χ3v) is 6.81. The number of nitrogens with two attached hydrogens (primary N) is 2. The molecule has 9 nitrogen and oxygen atoms in total. The fraction of sp³-hybridized carbons (Fsp3) is 0.267. The Morgan fingerprint density at radius 3 is 2.67 bits per heavy atom. The number of carbonyl (C=O) groups excluding carboxylic acids is 1. The average molecular weight is 540 g/mol. The standard InChI is InChI=1S/C30H30FN7O2/c1-30(2,34)14-19(15-32)29(39)38-12-6-7-20(38)16-37-17-24(26-27(33)35-18-36-28(26)37)23-11-10-22(13-25(23)31)40-21-8-4-3-5-9-21/h3-5,8-11,13-14,17-18,20H,6-7,12,16,34H2,1-2H3,(H2,33,35,36)/t20-/m1/s1. The van der Waals surface area contributed by atoms with Crippen molar-refractivity contribution in [3.05, 3.63) is 78.5 Å². The highest BCUT2D eigenvalue weighted by atomic mass is 19.1. The lowest BCUT2D eigenvalue weighted by Crippen LogP contribution is -2.40. The molecule has 1 aliphatic heterocycles. The van der Waals surface area contributed by atoms with Gasteiger partial charge in [-0.25, -0.2) is 14.4 Å². The highest BCUT2D eigenvalue weighted by molar-refractivity contribution is 6.01. The number of carbonyl (C=O) groups is 1. The Hall–Kier alpha value is -4.75. The molecule has 1 atom stereocenters. The number of hydrogen-bond donors (Lipinski definition) is 2. The number of hydrogen-bond acceptors (Lipinski definition) is 7. The zero-order valence-electron chi connectivity index (χ0n) is 22.3. The first-order valence-electron chi connectivity index (χ1n) is 13.0. The molecule has 3 heterocycles. The number of para-hydroxylation sites is 1. The molecule has 204 valence electrons. The van der Waals surface area contributed by atoms with Crippen molar-refractivity contribution in [3.8, 4) is 28.7 Å². The molecule has 0 aliphatic carbocycles. The highest BCUT2D eigenvalue weighted by Gasteiger charge is 2.32. The number of nitrogen functional groups attached to an aromatic ring is 1. The molecule has 2 aromatic carbocycles. The van der Waals surface area contributed by atoms with Gasteiger partial charge in [-0.2, -0.15) is 5.26 Å². The van der Waals surface area contributed by atoms with Gasteiger partial charge in [-0.1, -0.05) is 18.2 Å². The Morgan fingerprint density at radius 2 is 1.98 bits per heavy atom. The van der Waals surface area contributed by atoms with E-state index in [1.807, 2.05) is 28.8 Å². The quantitative estimate of drug-likeness (QED) is 0.255. The van der Waals surface area contributed by atoms with Crippen LogP contribution >= 0.6 is 0 Å². The van der Waals surface area contributed by atoms with Crippen molar-refractivity contribution in [2.45, 2.75) is 44.8 Å². The summed E-state index contributed by atoms with van der Waals surface area (Å²) in [4.78, 5) is 23.6. The van der Waals surface area contributed by atoms with Gasteiger partial charge in [-0.15, -0.1) is 0 Å². The fourth-order valence-electron chi connectivity index (χ4n) is 5.08. The molecule has 10 heteroatoms. The molecule has 0 bridgehead atoms. The number of halogens is 1. The minimum absolute atomic E-state index is 0.0175. The number of nitrogens with zero attached hydrogens (tertiary/aromatic N) is 5. The lowest BCUT2D eigenvalue weighted by Gasteiger charge is -2.26. The van der Waals surface area contributed by atoms with E-state index in [0.29, 0.717) is 46.7 Å². The monoisotopic (exact) mass is 539 g/mol. The van der Waals surface area contributed by atoms with Crippen LogP contribution in [-0.4, -0.2) is 43.5 Å². The zero-order chi connectivity index (χ0) is 28.4. The van der Waals surface area contributed by atoms with E-state index in [-0.39, 0.29) is 23.3 Å². The Labute approximate surface area is 231 Å². The average Bonchev–Trinajstić information content (AvgIpc) is 3.53. The van der Waals surface area contributed by atoms with Gasteiger partial charge in [0, 0.05) is 42.0 Å². The van der Waals surface area contributed by atoms with Gasteiger partial charge in [0.05, 0.1) is 11.4 Å². The van der Waals surface area contributed by atoms with Crippen molar-refractivity contribution < 1.29 is 13.9 Å². The summed E-state index contributed by atoms with van der Waals surface area (Å²) in [5, 5.41) is 10.1. The van der Waals surface area contributed by atoms with E-state index < -0.39 is 11.4 Å². The lowest BCUT2D eigenvalue weighted by atomic mass is 10.0. The number of anilines is 1. The Kier molecular flexibility index (Phi) is 7.24. The maximum absolute atomic E-state index is 15.5. The largest absolute Gasteiger partial charge is 0.457 e. The molecule has 1 amide bonds. The van der Waals surface area contributed by atoms with Crippen molar-refractivity contribution in [3.63, 3.8) is 0 Å². The summed E-state index contributed by atoms with van der Waals surface area (Å²) in [6.07, 6.45) is 6.18. The topological polar surface area (TPSA) is 136 Å². The summed E-state index contributed by atoms with van der Waals surface area (Å²) in [6.45, 7) is 4.38. The zero-order valence-corrected chi connectivity index (χ0v) is 22.3. The van der Waals surface area contributed by atoms with Gasteiger partial charge in [0.1, 0.15) is 46.8 Å². The van der Waals surface area contributed by atoms with Crippen molar-refractivity contribution in [2.24, 2.45) is 5.73 Å². The Balaban J connectivity index is 1.48. The van der Waals surface area contributed by atoms with Gasteiger partial charge in [-0.3, -0.25) is 4.79 Å². The Bertz CT molecular complexity index is 1630. The van der Waals surface area contributed by atoms with E-state index >= 15 is 4.39 Å². The molecule has 5 rings (SSSR count). The van der Waals surface area contributed by atoms with Gasteiger partial charge in [-0.05, 0) is 57.0 Å². The number of amides is 1. The van der Waals surface area contributed by atoms with Crippen LogP contribution in [0.5, 0.6) is 11.5 Å². The van der Waals surface area contributed by atoms with Crippen LogP contribution in [0.4, 0.5) is 10.2 Å². The van der Waals surface area contributed by atoms with Gasteiger partial charge >= 0.3 is 0 Å². The molecular weight excluding hydrogens is 509 g/mol. The van der Waals surface area contributed by atoms with Crippen LogP contribution in [-0.2, 0) is 11.3 Å². The van der Waals surface area contributed by atoms with E-state index in [9.17, 15) is 10.1 Å². The molecule has 1 fully saturated rings. The van der Waals surface area contributed by atoms with E-state index in [2.05, 4.69) is 9.97 Å². The van der Waals surface area contributed by atoms with E-state index in [1.165, 1.54) is 18.5 Å². The maximum atomic E-state index is 15.5. The first-order chi connectivity index (χ1) is 19.1. The summed E-state index contributed by atoms with van der Waals surface area (Å²) >= 11 is 0. The highest BCUT2D eigenvalue weighted by Crippen LogP contribution is 2.36. The maximum Gasteiger partial charge on any atom is 0.264 e. The molecule has 1 aliphatic rings. The summed E-state index contributed by atoms with van der Waals surface area (Å²) in [6, 6.07) is 15.6. The second-order valence-corrected chi connectivity index (χ2v) is 10.5. The molecule has 4 N–H and O–H groups in total. The van der Waals surface area contributed by atoms with Crippen LogP contribution in [0.15, 0.2) is 72.7 Å². The van der Waals surface area contributed by atoms with Crippen LogP contribution in [0.3, 0.4) is 0 Å². The molecule has 0 unspecified atom stereocenters. The number of benzene rings is 2. The molecule has 1 saturated heterocycles. The number of rotatable bonds is 7. The summed E-state index contributed by atoms with van der Waals surface area (Å²) in [7, 11) is 0. The number of likely N-dealkylation sites (tertiary alicyclic amines) is 1. The van der Waals surface area contributed by atoms with Crippen LogP contribution in [0, 0.1) is 17.1 Å². The van der Waals surface area contributed by atoms with Crippen molar-refractivity contribution in [2.75, 3.05) is 12.3 Å². The predicted molar refractivity (Wildman–Crippen MR) is 151 cm³/mol. The third-order valence-electron chi connectivity index (χ3n) is 6.81. The van der Waals surface area contributed by atoms with Crippen molar-refractivity contribution in [1.29, 1.82) is 5.26 Å². The summed E-state index contributed by atoms with van der Waals surface area (Å²) < 4.78 is 23.1. The third kappa shape index (κ3) is 5.51. The summed E-state index contributed by atoms with van der Waals surface area (Å²) in [5.41, 5.74) is 12.9. The Morgan fingerprint density at radius 1 is 1.20 bits per heavy atom. The van der Waals surface area contributed by atoms with Crippen LogP contribution in [0.1, 0.15) is 26.7 Å². The van der Waals surface area contributed by atoms with E-state index in [1.54, 1.807) is 49.2 Å². The first-order valence-corrected chi connectivity index (χ1v) is 13.0. The fourth-order valence-corrected chi connectivity index (χ4v) is 5.08. The van der Waals surface area contributed by atoms with Gasteiger partial charge in [0.25, 0.3) is 5.91 Å². The van der Waals surface area contributed by atoms with E-state index in [4.69, 9.17) is 16.2 Å². The van der Waals surface area contributed by atoms with Gasteiger partial charge in [0.15, 0.2) is 0 Å².